The highest BCUT2D eigenvalue weighted by atomic mass is 16.5. The van der Waals surface area contributed by atoms with Crippen molar-refractivity contribution in [1.29, 1.82) is 0 Å². The maximum Gasteiger partial charge on any atom is 0.265 e. The molecule has 0 fully saturated rings. The fraction of sp³-hybridized carbons (Fsp3) is 0.120. The minimum Gasteiger partial charge on any atom is -0.457 e. The summed E-state index contributed by atoms with van der Waals surface area (Å²) in [5.41, 5.74) is 4.90. The SMILES string of the molecule is Cc1cnc(-c2ncc3ncnc(Nc4ccc(Oc5ccc6c(c5)ncn6C)c(C)c4)c3n2)o1. The van der Waals surface area contributed by atoms with Gasteiger partial charge in [0, 0.05) is 18.8 Å². The van der Waals surface area contributed by atoms with Gasteiger partial charge in [-0.3, -0.25) is 0 Å². The third-order valence-electron chi connectivity index (χ3n) is 5.55. The van der Waals surface area contributed by atoms with E-state index in [0.29, 0.717) is 34.3 Å². The average molecular weight is 464 g/mol. The van der Waals surface area contributed by atoms with Crippen molar-refractivity contribution in [2.75, 3.05) is 5.32 Å². The minimum absolute atomic E-state index is 0.348. The zero-order valence-corrected chi connectivity index (χ0v) is 19.2. The van der Waals surface area contributed by atoms with Gasteiger partial charge in [0.05, 0.1) is 29.8 Å². The second kappa shape index (κ2) is 8.17. The van der Waals surface area contributed by atoms with Crippen molar-refractivity contribution < 1.29 is 9.15 Å². The van der Waals surface area contributed by atoms with Crippen molar-refractivity contribution >= 4 is 33.6 Å². The molecule has 2 aromatic carbocycles. The number of imidazole rings is 1. The maximum atomic E-state index is 6.13. The van der Waals surface area contributed by atoms with Gasteiger partial charge in [0.1, 0.15) is 34.6 Å². The number of anilines is 2. The number of nitrogens with zero attached hydrogens (tertiary/aromatic N) is 7. The summed E-state index contributed by atoms with van der Waals surface area (Å²) in [4.78, 5) is 26.2. The van der Waals surface area contributed by atoms with Crippen molar-refractivity contribution in [3.63, 3.8) is 0 Å². The van der Waals surface area contributed by atoms with Crippen LogP contribution in [0.25, 0.3) is 33.8 Å². The smallest absolute Gasteiger partial charge is 0.265 e. The first-order valence-electron chi connectivity index (χ1n) is 10.9. The molecule has 6 aromatic rings. The van der Waals surface area contributed by atoms with Crippen LogP contribution in [0, 0.1) is 13.8 Å². The first-order chi connectivity index (χ1) is 17.0. The number of ether oxygens (including phenoxy) is 1. The van der Waals surface area contributed by atoms with Gasteiger partial charge in [-0.2, -0.15) is 0 Å². The lowest BCUT2D eigenvalue weighted by Gasteiger charge is -2.12. The van der Waals surface area contributed by atoms with Crippen LogP contribution in [0.15, 0.2) is 65.9 Å². The van der Waals surface area contributed by atoms with E-state index in [2.05, 4.69) is 35.2 Å². The molecular formula is C25H20N8O2. The summed E-state index contributed by atoms with van der Waals surface area (Å²) in [6, 6.07) is 11.7. The van der Waals surface area contributed by atoms with E-state index in [4.69, 9.17) is 9.15 Å². The van der Waals surface area contributed by atoms with E-state index < -0.39 is 0 Å². The molecule has 0 bridgehead atoms. The molecule has 0 atom stereocenters. The van der Waals surface area contributed by atoms with Gasteiger partial charge in [0.2, 0.25) is 5.82 Å². The molecule has 4 heterocycles. The van der Waals surface area contributed by atoms with Crippen LogP contribution in [0.5, 0.6) is 11.5 Å². The van der Waals surface area contributed by atoms with E-state index in [1.807, 2.05) is 61.9 Å². The van der Waals surface area contributed by atoms with Crippen molar-refractivity contribution in [1.82, 2.24) is 34.5 Å². The van der Waals surface area contributed by atoms with Crippen molar-refractivity contribution in [3.8, 4) is 23.2 Å². The molecule has 0 aliphatic carbocycles. The van der Waals surface area contributed by atoms with Crippen LogP contribution in [-0.4, -0.2) is 34.5 Å². The van der Waals surface area contributed by atoms with E-state index in [0.717, 1.165) is 33.8 Å². The second-order valence-corrected chi connectivity index (χ2v) is 8.14. The second-order valence-electron chi connectivity index (χ2n) is 8.14. The Balaban J connectivity index is 1.28. The molecule has 10 nitrogen and oxygen atoms in total. The van der Waals surface area contributed by atoms with Crippen LogP contribution in [-0.2, 0) is 7.05 Å². The molecule has 35 heavy (non-hydrogen) atoms. The summed E-state index contributed by atoms with van der Waals surface area (Å²) in [6.07, 6.45) is 6.52. The number of hydrogen-bond donors (Lipinski definition) is 1. The molecule has 0 unspecified atom stereocenters. The minimum atomic E-state index is 0.348. The number of oxazole rings is 1. The lowest BCUT2D eigenvalue weighted by Crippen LogP contribution is -2.00. The molecular weight excluding hydrogens is 444 g/mol. The number of nitrogens with one attached hydrogen (secondary N) is 1. The van der Waals surface area contributed by atoms with Crippen LogP contribution in [0.1, 0.15) is 11.3 Å². The molecule has 4 aromatic heterocycles. The fourth-order valence-corrected chi connectivity index (χ4v) is 3.79. The summed E-state index contributed by atoms with van der Waals surface area (Å²) < 4.78 is 13.7. The van der Waals surface area contributed by atoms with Crippen LogP contribution in [0.3, 0.4) is 0 Å². The maximum absolute atomic E-state index is 6.13. The first-order valence-corrected chi connectivity index (χ1v) is 10.9. The molecule has 0 radical (unpaired) electrons. The van der Waals surface area contributed by atoms with E-state index in [-0.39, 0.29) is 0 Å². The van der Waals surface area contributed by atoms with Gasteiger partial charge in [0.25, 0.3) is 5.89 Å². The van der Waals surface area contributed by atoms with Crippen LogP contribution >= 0.6 is 0 Å². The van der Waals surface area contributed by atoms with Gasteiger partial charge in [0.15, 0.2) is 5.82 Å². The van der Waals surface area contributed by atoms with Crippen molar-refractivity contribution in [3.05, 3.63) is 72.8 Å². The standard InChI is InChI=1S/C25H20N8O2/c1-14-8-16(4-7-21(14)35-17-5-6-20-18(9-17)30-13-33(20)3)31-23-22-19(28-12-29-23)11-26-24(32-22)25-27-10-15(2)34-25/h4-13H,1-3H3,(H,28,29,31). The lowest BCUT2D eigenvalue weighted by molar-refractivity contribution is 0.479. The highest BCUT2D eigenvalue weighted by molar-refractivity contribution is 5.87. The molecule has 0 aliphatic heterocycles. The Labute approximate surface area is 199 Å². The van der Waals surface area contributed by atoms with Crippen LogP contribution in [0.4, 0.5) is 11.5 Å². The Morgan fingerprint density at radius 1 is 0.914 bits per heavy atom. The van der Waals surface area contributed by atoms with E-state index >= 15 is 0 Å². The van der Waals surface area contributed by atoms with E-state index in [1.54, 1.807) is 18.7 Å². The number of aromatic nitrogens is 7. The summed E-state index contributed by atoms with van der Waals surface area (Å²) in [5, 5.41) is 3.33. The predicted molar refractivity (Wildman–Crippen MR) is 131 cm³/mol. The molecule has 0 aliphatic rings. The van der Waals surface area contributed by atoms with Gasteiger partial charge in [-0.1, -0.05) is 0 Å². The third kappa shape index (κ3) is 3.90. The summed E-state index contributed by atoms with van der Waals surface area (Å²) in [6.45, 7) is 3.81. The van der Waals surface area contributed by atoms with Gasteiger partial charge < -0.3 is 19.0 Å². The summed E-state index contributed by atoms with van der Waals surface area (Å²) in [5.74, 6) is 3.43. The molecule has 0 spiro atoms. The van der Waals surface area contributed by atoms with Gasteiger partial charge in [-0.25, -0.2) is 29.9 Å². The zero-order valence-electron chi connectivity index (χ0n) is 19.2. The molecule has 10 heteroatoms. The Kier molecular flexibility index (Phi) is 4.84. The molecule has 6 rings (SSSR count). The summed E-state index contributed by atoms with van der Waals surface area (Å²) >= 11 is 0. The first kappa shape index (κ1) is 20.7. The molecule has 172 valence electrons. The van der Waals surface area contributed by atoms with Gasteiger partial charge >= 0.3 is 0 Å². The van der Waals surface area contributed by atoms with Gasteiger partial charge in [-0.15, -0.1) is 0 Å². The predicted octanol–water partition coefficient (Wildman–Crippen LogP) is 5.11. The molecule has 0 saturated heterocycles. The Morgan fingerprint density at radius 3 is 2.66 bits per heavy atom. The average Bonchev–Trinajstić information content (AvgIpc) is 3.46. The number of fused-ring (bicyclic) bond motifs is 2. The largest absolute Gasteiger partial charge is 0.457 e. The van der Waals surface area contributed by atoms with Gasteiger partial charge in [-0.05, 0) is 49.7 Å². The Morgan fingerprint density at radius 2 is 1.83 bits per heavy atom. The van der Waals surface area contributed by atoms with Crippen LogP contribution < -0.4 is 10.1 Å². The third-order valence-corrected chi connectivity index (χ3v) is 5.55. The van der Waals surface area contributed by atoms with E-state index in [1.165, 1.54) is 6.33 Å². The van der Waals surface area contributed by atoms with Crippen LogP contribution in [0.2, 0.25) is 0 Å². The number of benzene rings is 2. The number of hydrogen-bond acceptors (Lipinski definition) is 9. The topological polar surface area (TPSA) is 117 Å². The lowest BCUT2D eigenvalue weighted by atomic mass is 10.2. The quantitative estimate of drug-likeness (QED) is 0.371. The van der Waals surface area contributed by atoms with Crippen molar-refractivity contribution in [2.45, 2.75) is 13.8 Å². The monoisotopic (exact) mass is 464 g/mol. The highest BCUT2D eigenvalue weighted by Crippen LogP contribution is 2.31. The normalized spacial score (nSPS) is 11.3. The van der Waals surface area contributed by atoms with Crippen molar-refractivity contribution in [2.24, 2.45) is 7.05 Å². The molecule has 0 amide bonds. The Hall–Kier alpha value is -4.86. The summed E-state index contributed by atoms with van der Waals surface area (Å²) in [7, 11) is 1.97. The molecule has 0 saturated carbocycles. The fourth-order valence-electron chi connectivity index (χ4n) is 3.79. The highest BCUT2D eigenvalue weighted by Gasteiger charge is 2.13. The number of aryl methyl sites for hydroxylation is 3. The Bertz CT molecular complexity index is 1710. The molecule has 1 N–H and O–H groups in total. The zero-order chi connectivity index (χ0) is 23.9. The number of rotatable bonds is 5. The van der Waals surface area contributed by atoms with E-state index in [9.17, 15) is 0 Å².